The molecule has 0 saturated heterocycles. The number of carbonyl (C=O) groups excluding carboxylic acids is 2. The predicted octanol–water partition coefficient (Wildman–Crippen LogP) is 3.42. The van der Waals surface area contributed by atoms with Crippen LogP contribution in [0.3, 0.4) is 0 Å². The summed E-state index contributed by atoms with van der Waals surface area (Å²) in [6.45, 7) is -0.472. The molecule has 2 rings (SSSR count). The van der Waals surface area contributed by atoms with Gasteiger partial charge in [0.1, 0.15) is 17.6 Å². The molecule has 0 aliphatic carbocycles. The van der Waals surface area contributed by atoms with E-state index < -0.39 is 18.5 Å². The highest BCUT2D eigenvalue weighted by atomic mass is 35.5. The number of ether oxygens (including phenoxy) is 3. The summed E-state index contributed by atoms with van der Waals surface area (Å²) >= 11 is 5.90. The standard InChI is InChI=1S/C20H17ClN2O5/c1-26-16-7-4-13(18(10-16)27-2)5-8-20(25)28-12-19(24)23-15-6-3-14(11-22)17(21)9-15/h3-10H,12H2,1-2H3,(H,23,24)/b8-5+. The highest BCUT2D eigenvalue weighted by Crippen LogP contribution is 2.25. The van der Waals surface area contributed by atoms with Gasteiger partial charge >= 0.3 is 5.97 Å². The first-order valence-corrected chi connectivity index (χ1v) is 8.41. The minimum atomic E-state index is -0.689. The van der Waals surface area contributed by atoms with E-state index in [1.165, 1.54) is 37.5 Å². The van der Waals surface area contributed by atoms with Crippen molar-refractivity contribution in [1.29, 1.82) is 5.26 Å². The van der Waals surface area contributed by atoms with Gasteiger partial charge in [0.25, 0.3) is 5.91 Å². The SMILES string of the molecule is COc1ccc(/C=C/C(=O)OCC(=O)Nc2ccc(C#N)c(Cl)c2)c(OC)c1. The molecule has 1 N–H and O–H groups in total. The molecule has 0 aromatic heterocycles. The van der Waals surface area contributed by atoms with Gasteiger partial charge in [-0.05, 0) is 36.4 Å². The minimum Gasteiger partial charge on any atom is -0.497 e. The summed E-state index contributed by atoms with van der Waals surface area (Å²) in [5, 5.41) is 11.6. The monoisotopic (exact) mass is 400 g/mol. The van der Waals surface area contributed by atoms with Crippen LogP contribution < -0.4 is 14.8 Å². The van der Waals surface area contributed by atoms with Crippen molar-refractivity contribution in [3.63, 3.8) is 0 Å². The van der Waals surface area contributed by atoms with Crippen LogP contribution in [-0.2, 0) is 14.3 Å². The molecule has 0 unspecified atom stereocenters. The summed E-state index contributed by atoms with van der Waals surface area (Å²) in [6.07, 6.45) is 2.70. The Hall–Kier alpha value is -3.50. The fourth-order valence-corrected chi connectivity index (χ4v) is 2.40. The van der Waals surface area contributed by atoms with Crippen LogP contribution in [-0.4, -0.2) is 32.7 Å². The molecule has 1 amide bonds. The Balaban J connectivity index is 1.90. The first-order chi connectivity index (χ1) is 13.5. The number of rotatable bonds is 7. The second-order valence-electron chi connectivity index (χ2n) is 5.40. The third-order valence-electron chi connectivity index (χ3n) is 3.56. The topological polar surface area (TPSA) is 97.6 Å². The number of esters is 1. The number of carbonyl (C=O) groups is 2. The summed E-state index contributed by atoms with van der Waals surface area (Å²) in [4.78, 5) is 23.7. The number of hydrogen-bond acceptors (Lipinski definition) is 6. The largest absolute Gasteiger partial charge is 0.497 e. The van der Waals surface area contributed by atoms with E-state index in [0.29, 0.717) is 28.3 Å². The minimum absolute atomic E-state index is 0.216. The van der Waals surface area contributed by atoms with Crippen LogP contribution in [0.5, 0.6) is 11.5 Å². The number of nitriles is 1. The Morgan fingerprint density at radius 2 is 1.96 bits per heavy atom. The molecule has 7 nitrogen and oxygen atoms in total. The number of hydrogen-bond donors (Lipinski definition) is 1. The molecule has 28 heavy (non-hydrogen) atoms. The van der Waals surface area contributed by atoms with Crippen molar-refractivity contribution in [1.82, 2.24) is 0 Å². The number of nitrogens with one attached hydrogen (secondary N) is 1. The van der Waals surface area contributed by atoms with Crippen molar-refractivity contribution in [3.05, 3.63) is 58.6 Å². The zero-order chi connectivity index (χ0) is 20.5. The maximum atomic E-state index is 11.9. The number of methoxy groups -OCH3 is 2. The molecule has 0 aliphatic heterocycles. The Kier molecular flexibility index (Phi) is 7.43. The van der Waals surface area contributed by atoms with Crippen molar-refractivity contribution < 1.29 is 23.8 Å². The van der Waals surface area contributed by atoms with Gasteiger partial charge in [0.2, 0.25) is 0 Å². The fourth-order valence-electron chi connectivity index (χ4n) is 2.18. The van der Waals surface area contributed by atoms with Gasteiger partial charge < -0.3 is 19.5 Å². The second kappa shape index (κ2) is 10.00. The first kappa shape index (κ1) is 20.8. The zero-order valence-corrected chi connectivity index (χ0v) is 15.9. The molecule has 0 saturated carbocycles. The van der Waals surface area contributed by atoms with Gasteiger partial charge in [-0.15, -0.1) is 0 Å². The van der Waals surface area contributed by atoms with Crippen LogP contribution in [0.2, 0.25) is 5.02 Å². The number of nitrogens with zero attached hydrogens (tertiary/aromatic N) is 1. The van der Waals surface area contributed by atoms with Gasteiger partial charge in [-0.1, -0.05) is 11.6 Å². The number of benzene rings is 2. The second-order valence-corrected chi connectivity index (χ2v) is 5.81. The van der Waals surface area contributed by atoms with Crippen LogP contribution in [0.1, 0.15) is 11.1 Å². The number of amides is 1. The van der Waals surface area contributed by atoms with E-state index in [1.54, 1.807) is 25.3 Å². The van der Waals surface area contributed by atoms with Crippen LogP contribution in [0.15, 0.2) is 42.5 Å². The van der Waals surface area contributed by atoms with Crippen molar-refractivity contribution in [2.75, 3.05) is 26.1 Å². The molecule has 0 aliphatic rings. The van der Waals surface area contributed by atoms with E-state index in [9.17, 15) is 9.59 Å². The van der Waals surface area contributed by atoms with Gasteiger partial charge in [-0.25, -0.2) is 4.79 Å². The summed E-state index contributed by atoms with van der Waals surface area (Å²) in [7, 11) is 3.04. The Morgan fingerprint density at radius 1 is 1.18 bits per heavy atom. The average molecular weight is 401 g/mol. The highest BCUT2D eigenvalue weighted by Gasteiger charge is 2.08. The molecule has 8 heteroatoms. The number of halogens is 1. The van der Waals surface area contributed by atoms with Gasteiger partial charge in [-0.2, -0.15) is 5.26 Å². The van der Waals surface area contributed by atoms with E-state index in [1.807, 2.05) is 6.07 Å². The summed E-state index contributed by atoms with van der Waals surface area (Å²) in [6, 6.07) is 11.5. The van der Waals surface area contributed by atoms with Crippen molar-refractivity contribution in [2.45, 2.75) is 0 Å². The van der Waals surface area contributed by atoms with Gasteiger partial charge in [0.15, 0.2) is 6.61 Å². The third-order valence-corrected chi connectivity index (χ3v) is 3.87. The van der Waals surface area contributed by atoms with Gasteiger partial charge in [0, 0.05) is 23.4 Å². The maximum Gasteiger partial charge on any atom is 0.331 e. The van der Waals surface area contributed by atoms with E-state index >= 15 is 0 Å². The van der Waals surface area contributed by atoms with Crippen LogP contribution in [0.25, 0.3) is 6.08 Å². The normalized spacial score (nSPS) is 10.2. The Bertz CT molecular complexity index is 950. The average Bonchev–Trinajstić information content (AvgIpc) is 2.70. The summed E-state index contributed by atoms with van der Waals surface area (Å²) in [5.74, 6) is -0.0783. The smallest absolute Gasteiger partial charge is 0.331 e. The van der Waals surface area contributed by atoms with Crippen LogP contribution >= 0.6 is 11.6 Å². The Morgan fingerprint density at radius 3 is 2.61 bits per heavy atom. The zero-order valence-electron chi connectivity index (χ0n) is 15.2. The summed E-state index contributed by atoms with van der Waals surface area (Å²) < 4.78 is 15.2. The lowest BCUT2D eigenvalue weighted by Gasteiger charge is -2.07. The van der Waals surface area contributed by atoms with E-state index in [4.69, 9.17) is 31.1 Å². The molecule has 0 fully saturated rings. The highest BCUT2D eigenvalue weighted by molar-refractivity contribution is 6.32. The fraction of sp³-hybridized carbons (Fsp3) is 0.150. The lowest BCUT2D eigenvalue weighted by Crippen LogP contribution is -2.20. The van der Waals surface area contributed by atoms with E-state index in [0.717, 1.165) is 0 Å². The quantitative estimate of drug-likeness (QED) is 0.565. The lowest BCUT2D eigenvalue weighted by molar-refractivity contribution is -0.142. The Labute approximate surface area is 167 Å². The molecular formula is C20H17ClN2O5. The number of anilines is 1. The molecule has 0 bridgehead atoms. The van der Waals surface area contributed by atoms with Gasteiger partial charge in [0.05, 0.1) is 24.8 Å². The molecule has 0 radical (unpaired) electrons. The van der Waals surface area contributed by atoms with Crippen LogP contribution in [0.4, 0.5) is 5.69 Å². The molecule has 0 atom stereocenters. The molecule has 2 aromatic rings. The lowest BCUT2D eigenvalue weighted by atomic mass is 10.2. The van der Waals surface area contributed by atoms with Crippen LogP contribution in [0, 0.1) is 11.3 Å². The predicted molar refractivity (Wildman–Crippen MR) is 104 cm³/mol. The van der Waals surface area contributed by atoms with Crippen molar-refractivity contribution in [3.8, 4) is 17.6 Å². The van der Waals surface area contributed by atoms with Crippen molar-refractivity contribution >= 4 is 35.2 Å². The molecule has 0 spiro atoms. The molecule has 0 heterocycles. The molecular weight excluding hydrogens is 384 g/mol. The first-order valence-electron chi connectivity index (χ1n) is 8.03. The molecule has 144 valence electrons. The van der Waals surface area contributed by atoms with Crippen molar-refractivity contribution in [2.24, 2.45) is 0 Å². The van der Waals surface area contributed by atoms with E-state index in [-0.39, 0.29) is 5.02 Å². The summed E-state index contributed by atoms with van der Waals surface area (Å²) in [5.41, 5.74) is 1.34. The maximum absolute atomic E-state index is 11.9. The third kappa shape index (κ3) is 5.76. The van der Waals surface area contributed by atoms with E-state index in [2.05, 4.69) is 5.32 Å². The van der Waals surface area contributed by atoms with Gasteiger partial charge in [-0.3, -0.25) is 4.79 Å². The molecule has 2 aromatic carbocycles.